The number of nitrogens with one attached hydrogen (secondary N) is 1. The Morgan fingerprint density at radius 2 is 1.42 bits per heavy atom. The summed E-state index contributed by atoms with van der Waals surface area (Å²) in [6, 6.07) is 2.93. The van der Waals surface area contributed by atoms with Crippen molar-refractivity contribution in [3.05, 3.63) is 29.1 Å². The van der Waals surface area contributed by atoms with Gasteiger partial charge in [0.25, 0.3) is 0 Å². The lowest BCUT2D eigenvalue weighted by Gasteiger charge is -2.18. The van der Waals surface area contributed by atoms with Crippen molar-refractivity contribution < 1.29 is 38.1 Å². The summed E-state index contributed by atoms with van der Waals surface area (Å²) in [5, 5.41) is 0.802. The number of nitrogens with zero attached hydrogens (tertiary/aromatic N) is 1. The largest absolute Gasteiger partial charge is 0.489 e. The van der Waals surface area contributed by atoms with Crippen LogP contribution in [-0.4, -0.2) is 60.9 Å². The summed E-state index contributed by atoms with van der Waals surface area (Å²) in [7, 11) is 0. The van der Waals surface area contributed by atoms with Crippen LogP contribution >= 0.6 is 0 Å². The van der Waals surface area contributed by atoms with Gasteiger partial charge < -0.3 is 28.7 Å². The van der Waals surface area contributed by atoms with E-state index in [-0.39, 0.29) is 49.1 Å². The van der Waals surface area contributed by atoms with Gasteiger partial charge in [0.2, 0.25) is 0 Å². The molecule has 0 atom stereocenters. The summed E-state index contributed by atoms with van der Waals surface area (Å²) in [6.45, 7) is 10.2. The van der Waals surface area contributed by atoms with Crippen molar-refractivity contribution in [2.45, 2.75) is 47.5 Å². The van der Waals surface area contributed by atoms with Crippen molar-refractivity contribution in [3.63, 3.8) is 0 Å². The van der Waals surface area contributed by atoms with Crippen molar-refractivity contribution in [1.29, 1.82) is 0 Å². The first kappa shape index (κ1) is 26.8. The summed E-state index contributed by atoms with van der Waals surface area (Å²) >= 11 is 0. The Kier molecular flexibility index (Phi) is 9.10. The molecule has 0 saturated carbocycles. The molecule has 0 amide bonds. The molecule has 10 heteroatoms. The van der Waals surface area contributed by atoms with Crippen molar-refractivity contribution in [2.24, 2.45) is 0 Å². The van der Waals surface area contributed by atoms with Crippen molar-refractivity contribution in [3.8, 4) is 11.5 Å². The Labute approximate surface area is 209 Å². The predicted molar refractivity (Wildman–Crippen MR) is 133 cm³/mol. The van der Waals surface area contributed by atoms with Gasteiger partial charge in [0.15, 0.2) is 11.5 Å². The average Bonchev–Trinajstić information content (AvgIpc) is 3.32. The number of hydrogen-bond acceptors (Lipinski definition) is 9. The van der Waals surface area contributed by atoms with Crippen LogP contribution in [0.2, 0.25) is 0 Å². The number of benzene rings is 1. The molecule has 0 radical (unpaired) electrons. The van der Waals surface area contributed by atoms with E-state index >= 15 is 0 Å². The molecule has 10 nitrogen and oxygen atoms in total. The fourth-order valence-corrected chi connectivity index (χ4v) is 3.71. The molecule has 194 valence electrons. The summed E-state index contributed by atoms with van der Waals surface area (Å²) in [6.07, 6.45) is 1.25. The van der Waals surface area contributed by atoms with Crippen molar-refractivity contribution >= 4 is 39.7 Å². The second-order valence-electron chi connectivity index (χ2n) is 7.77. The van der Waals surface area contributed by atoms with Gasteiger partial charge in [0.1, 0.15) is 11.4 Å². The fraction of sp³-hybridized carbons (Fsp3) is 0.462. The molecule has 0 unspecified atom stereocenters. The predicted octanol–water partition coefficient (Wildman–Crippen LogP) is 4.82. The summed E-state index contributed by atoms with van der Waals surface area (Å²) in [4.78, 5) is 46.0. The first-order chi connectivity index (χ1) is 17.4. The monoisotopic (exact) mass is 500 g/mol. The van der Waals surface area contributed by atoms with Crippen LogP contribution in [-0.2, 0) is 14.2 Å². The molecule has 0 bridgehead atoms. The van der Waals surface area contributed by atoms with Crippen LogP contribution in [0, 0.1) is 0 Å². The molecule has 1 N–H and O–H groups in total. The Bertz CT molecular complexity index is 1260. The van der Waals surface area contributed by atoms with Gasteiger partial charge >= 0.3 is 17.9 Å². The van der Waals surface area contributed by atoms with Crippen LogP contribution in [0.25, 0.3) is 21.8 Å². The highest BCUT2D eigenvalue weighted by Gasteiger charge is 2.28. The molecule has 0 aliphatic heterocycles. The third kappa shape index (κ3) is 5.37. The lowest BCUT2D eigenvalue weighted by molar-refractivity contribution is 0.0493. The molecule has 3 aromatic rings. The number of rotatable bonds is 12. The van der Waals surface area contributed by atoms with E-state index in [9.17, 15) is 14.4 Å². The average molecular weight is 501 g/mol. The standard InChI is InChI=1S/C26H32N2O8/c1-6-11-35-24(29)15-13-17(26(31)36-12-7-2)28-21-19(15)20-16(14-18(27-20)25(30)34-10-5)22(32-8-3)23(21)33-9-4/h13-14,28H,6-12H2,1-5H3. The summed E-state index contributed by atoms with van der Waals surface area (Å²) < 4.78 is 27.7. The number of H-pyrrole nitrogens is 1. The number of esters is 3. The van der Waals surface area contributed by atoms with Gasteiger partial charge in [-0.25, -0.2) is 19.4 Å². The van der Waals surface area contributed by atoms with Crippen molar-refractivity contribution in [1.82, 2.24) is 9.97 Å². The van der Waals surface area contributed by atoms with E-state index in [2.05, 4.69) is 9.97 Å². The minimum absolute atomic E-state index is 0.0410. The van der Waals surface area contributed by atoms with Gasteiger partial charge in [0.05, 0.1) is 49.6 Å². The van der Waals surface area contributed by atoms with Gasteiger partial charge in [-0.3, -0.25) is 0 Å². The highest BCUT2D eigenvalue weighted by Crippen LogP contribution is 2.44. The molecule has 2 aromatic heterocycles. The Balaban J connectivity index is 2.45. The lowest BCUT2D eigenvalue weighted by atomic mass is 10.0. The zero-order chi connectivity index (χ0) is 26.2. The van der Waals surface area contributed by atoms with Crippen LogP contribution in [0.1, 0.15) is 78.8 Å². The van der Waals surface area contributed by atoms with Gasteiger partial charge in [0, 0.05) is 10.8 Å². The minimum Gasteiger partial charge on any atom is -0.489 e. The van der Waals surface area contributed by atoms with Crippen LogP contribution in [0.4, 0.5) is 0 Å². The molecular weight excluding hydrogens is 468 g/mol. The van der Waals surface area contributed by atoms with E-state index in [0.29, 0.717) is 47.0 Å². The van der Waals surface area contributed by atoms with Gasteiger partial charge in [-0.15, -0.1) is 0 Å². The lowest BCUT2D eigenvalue weighted by Crippen LogP contribution is -2.14. The molecule has 36 heavy (non-hydrogen) atoms. The zero-order valence-electron chi connectivity index (χ0n) is 21.3. The maximum Gasteiger partial charge on any atom is 0.356 e. The molecule has 0 spiro atoms. The van der Waals surface area contributed by atoms with Crippen molar-refractivity contribution in [2.75, 3.05) is 33.0 Å². The summed E-state index contributed by atoms with van der Waals surface area (Å²) in [5.41, 5.74) is 0.799. The maximum atomic E-state index is 13.2. The van der Waals surface area contributed by atoms with Crippen LogP contribution in [0.5, 0.6) is 11.5 Å². The quantitative estimate of drug-likeness (QED) is 0.275. The number of carbonyl (C=O) groups is 3. The number of carbonyl (C=O) groups excluding carboxylic acids is 3. The minimum atomic E-state index is -0.644. The summed E-state index contributed by atoms with van der Waals surface area (Å²) in [5.74, 6) is -1.28. The Morgan fingerprint density at radius 3 is 2.03 bits per heavy atom. The van der Waals surface area contributed by atoms with Gasteiger partial charge in [-0.2, -0.15) is 0 Å². The highest BCUT2D eigenvalue weighted by molar-refractivity contribution is 6.20. The fourth-order valence-electron chi connectivity index (χ4n) is 3.71. The Hall–Kier alpha value is -3.82. The van der Waals surface area contributed by atoms with Gasteiger partial charge in [-0.1, -0.05) is 13.8 Å². The number of fused-ring (bicyclic) bond motifs is 3. The number of aromatic amines is 1. The second kappa shape index (κ2) is 12.2. The first-order valence-corrected chi connectivity index (χ1v) is 12.2. The van der Waals surface area contributed by atoms with Gasteiger partial charge in [-0.05, 0) is 45.7 Å². The highest BCUT2D eigenvalue weighted by atomic mass is 16.5. The molecule has 2 heterocycles. The maximum absolute atomic E-state index is 13.2. The van der Waals surface area contributed by atoms with E-state index in [0.717, 1.165) is 0 Å². The van der Waals surface area contributed by atoms with E-state index in [1.807, 2.05) is 20.8 Å². The number of ether oxygens (including phenoxy) is 5. The van der Waals surface area contributed by atoms with Crippen LogP contribution < -0.4 is 9.47 Å². The van der Waals surface area contributed by atoms with E-state index in [1.165, 1.54) is 6.07 Å². The molecule has 0 fully saturated rings. The van der Waals surface area contributed by atoms with E-state index in [1.54, 1.807) is 19.9 Å². The van der Waals surface area contributed by atoms with Crippen LogP contribution in [0.3, 0.4) is 0 Å². The normalized spacial score (nSPS) is 10.9. The zero-order valence-corrected chi connectivity index (χ0v) is 21.3. The Morgan fingerprint density at radius 1 is 0.778 bits per heavy atom. The molecule has 0 aliphatic rings. The number of hydrogen-bond donors (Lipinski definition) is 1. The molecule has 1 aromatic carbocycles. The van der Waals surface area contributed by atoms with Crippen LogP contribution in [0.15, 0.2) is 12.1 Å². The van der Waals surface area contributed by atoms with E-state index < -0.39 is 17.9 Å². The SMILES string of the molecule is CCCOC(=O)c1cc(C(=O)OCCC)c2c([nH]1)c(OCC)c(OCC)c1cc(C(=O)OCC)nc12. The molecule has 0 aliphatic carbocycles. The molecular formula is C26H32N2O8. The van der Waals surface area contributed by atoms with E-state index in [4.69, 9.17) is 23.7 Å². The third-order valence-electron chi connectivity index (χ3n) is 5.13. The second-order valence-corrected chi connectivity index (χ2v) is 7.77. The topological polar surface area (TPSA) is 126 Å². The number of aromatic nitrogens is 2. The first-order valence-electron chi connectivity index (χ1n) is 12.2. The number of pyridine rings is 1. The smallest absolute Gasteiger partial charge is 0.356 e. The molecule has 0 saturated heterocycles. The third-order valence-corrected chi connectivity index (χ3v) is 5.13. The molecule has 3 rings (SSSR count).